The molecule has 3 heteroatoms. The van der Waals surface area contributed by atoms with E-state index in [4.69, 9.17) is 4.74 Å². The minimum atomic E-state index is 0.130. The highest BCUT2D eigenvalue weighted by Crippen LogP contribution is 2.19. The van der Waals surface area contributed by atoms with Crippen LogP contribution in [0.2, 0.25) is 0 Å². The van der Waals surface area contributed by atoms with E-state index in [2.05, 4.69) is 31.3 Å². The highest BCUT2D eigenvalue weighted by molar-refractivity contribution is 5.16. The van der Waals surface area contributed by atoms with Crippen LogP contribution in [0, 0.1) is 0 Å². The number of ether oxygens (including phenoxy) is 1. The van der Waals surface area contributed by atoms with Crippen molar-refractivity contribution in [3.63, 3.8) is 0 Å². The van der Waals surface area contributed by atoms with E-state index in [1.54, 1.807) is 0 Å². The Labute approximate surface area is 116 Å². The van der Waals surface area contributed by atoms with E-state index in [0.29, 0.717) is 18.2 Å². The van der Waals surface area contributed by atoms with Crippen LogP contribution in [0.3, 0.4) is 0 Å². The molecular weight excluding hydrogens is 238 g/mol. The summed E-state index contributed by atoms with van der Waals surface area (Å²) in [7, 11) is 0. The van der Waals surface area contributed by atoms with Gasteiger partial charge in [0.05, 0.1) is 18.8 Å². The third-order valence-electron chi connectivity index (χ3n) is 3.71. The van der Waals surface area contributed by atoms with Crippen molar-refractivity contribution in [2.75, 3.05) is 6.61 Å². The van der Waals surface area contributed by atoms with Crippen molar-refractivity contribution in [1.82, 2.24) is 5.32 Å². The zero-order valence-electron chi connectivity index (χ0n) is 11.9. The smallest absolute Gasteiger partial charge is 0.0587 e. The second kappa shape index (κ2) is 7.04. The fourth-order valence-electron chi connectivity index (χ4n) is 2.95. The van der Waals surface area contributed by atoms with Crippen LogP contribution < -0.4 is 5.32 Å². The molecule has 1 aliphatic heterocycles. The fourth-order valence-corrected chi connectivity index (χ4v) is 2.95. The zero-order chi connectivity index (χ0) is 13.7. The van der Waals surface area contributed by atoms with Crippen LogP contribution in [-0.4, -0.2) is 36.0 Å². The first kappa shape index (κ1) is 14.5. The number of rotatable bonds is 5. The maximum atomic E-state index is 9.56. The lowest BCUT2D eigenvalue weighted by Crippen LogP contribution is -2.47. The highest BCUT2D eigenvalue weighted by atomic mass is 16.5. The van der Waals surface area contributed by atoms with Crippen LogP contribution in [-0.2, 0) is 11.2 Å². The van der Waals surface area contributed by atoms with Crippen molar-refractivity contribution in [3.8, 4) is 0 Å². The van der Waals surface area contributed by atoms with Gasteiger partial charge in [0.1, 0.15) is 0 Å². The average Bonchev–Trinajstić information content (AvgIpc) is 2.38. The topological polar surface area (TPSA) is 41.5 Å². The van der Waals surface area contributed by atoms with E-state index in [-0.39, 0.29) is 12.6 Å². The van der Waals surface area contributed by atoms with Crippen molar-refractivity contribution in [3.05, 3.63) is 35.9 Å². The van der Waals surface area contributed by atoms with Gasteiger partial charge in [0.25, 0.3) is 0 Å². The number of nitrogens with one attached hydrogen (secondary N) is 1. The number of benzene rings is 1. The number of hydrogen-bond acceptors (Lipinski definition) is 3. The predicted molar refractivity (Wildman–Crippen MR) is 77.2 cm³/mol. The minimum absolute atomic E-state index is 0.130. The maximum absolute atomic E-state index is 9.56. The largest absolute Gasteiger partial charge is 0.395 e. The molecule has 0 radical (unpaired) electrons. The molecule has 0 spiro atoms. The molecule has 0 bridgehead atoms. The molecule has 2 rings (SSSR count). The van der Waals surface area contributed by atoms with E-state index in [0.717, 1.165) is 19.3 Å². The average molecular weight is 263 g/mol. The van der Waals surface area contributed by atoms with Gasteiger partial charge in [-0.15, -0.1) is 0 Å². The Bertz CT molecular complexity index is 358. The SMILES string of the molecule is C[C@H]1CC(N[C@@H](CO)Cc2ccccc2)C[C@H](C)O1. The molecule has 0 aliphatic carbocycles. The first-order valence-corrected chi connectivity index (χ1v) is 7.23. The molecule has 3 nitrogen and oxygen atoms in total. The maximum Gasteiger partial charge on any atom is 0.0587 e. The van der Waals surface area contributed by atoms with Gasteiger partial charge in [0.15, 0.2) is 0 Å². The van der Waals surface area contributed by atoms with Crippen LogP contribution >= 0.6 is 0 Å². The second-order valence-corrected chi connectivity index (χ2v) is 5.66. The van der Waals surface area contributed by atoms with Crippen molar-refractivity contribution < 1.29 is 9.84 Å². The van der Waals surface area contributed by atoms with Gasteiger partial charge in [-0.05, 0) is 38.7 Å². The molecular formula is C16H25NO2. The standard InChI is InChI=1S/C16H25NO2/c1-12-8-15(9-13(2)19-12)17-16(11-18)10-14-6-4-3-5-7-14/h3-7,12-13,15-18H,8-11H2,1-2H3/t12-,13-,16+/m0/s1. The summed E-state index contributed by atoms with van der Waals surface area (Å²) in [4.78, 5) is 0. The third kappa shape index (κ3) is 4.60. The summed E-state index contributed by atoms with van der Waals surface area (Å²) in [6.45, 7) is 4.42. The third-order valence-corrected chi connectivity index (χ3v) is 3.71. The summed E-state index contributed by atoms with van der Waals surface area (Å²) in [5, 5.41) is 13.1. The van der Waals surface area contributed by atoms with E-state index < -0.39 is 0 Å². The molecule has 106 valence electrons. The molecule has 19 heavy (non-hydrogen) atoms. The minimum Gasteiger partial charge on any atom is -0.395 e. The summed E-state index contributed by atoms with van der Waals surface area (Å²) in [6.07, 6.45) is 3.53. The lowest BCUT2D eigenvalue weighted by Gasteiger charge is -2.34. The molecule has 0 saturated carbocycles. The number of hydrogen-bond donors (Lipinski definition) is 2. The first-order chi connectivity index (χ1) is 9.17. The molecule has 2 N–H and O–H groups in total. The Kier molecular flexibility index (Phi) is 5.37. The molecule has 0 aromatic heterocycles. The fraction of sp³-hybridized carbons (Fsp3) is 0.625. The van der Waals surface area contributed by atoms with Crippen LogP contribution in [0.15, 0.2) is 30.3 Å². The quantitative estimate of drug-likeness (QED) is 0.855. The van der Waals surface area contributed by atoms with E-state index >= 15 is 0 Å². The van der Waals surface area contributed by atoms with Crippen LogP contribution in [0.25, 0.3) is 0 Å². The summed E-state index contributed by atoms with van der Waals surface area (Å²) >= 11 is 0. The molecule has 1 aliphatic rings. The van der Waals surface area contributed by atoms with Gasteiger partial charge in [-0.25, -0.2) is 0 Å². The van der Waals surface area contributed by atoms with Gasteiger partial charge in [-0.2, -0.15) is 0 Å². The molecule has 1 fully saturated rings. The van der Waals surface area contributed by atoms with E-state index in [9.17, 15) is 5.11 Å². The van der Waals surface area contributed by atoms with Gasteiger partial charge < -0.3 is 15.2 Å². The van der Waals surface area contributed by atoms with E-state index in [1.807, 2.05) is 18.2 Å². The predicted octanol–water partition coefficient (Wildman–Crippen LogP) is 2.14. The molecule has 0 unspecified atom stereocenters. The Morgan fingerprint density at radius 3 is 2.42 bits per heavy atom. The van der Waals surface area contributed by atoms with Crippen LogP contribution in [0.5, 0.6) is 0 Å². The second-order valence-electron chi connectivity index (χ2n) is 5.66. The Balaban J connectivity index is 1.88. The molecule has 0 amide bonds. The zero-order valence-corrected chi connectivity index (χ0v) is 11.9. The summed E-state index contributed by atoms with van der Waals surface area (Å²) in [5.41, 5.74) is 1.27. The normalized spacial score (nSPS) is 29.1. The van der Waals surface area contributed by atoms with Crippen LogP contribution in [0.4, 0.5) is 0 Å². The Morgan fingerprint density at radius 1 is 1.21 bits per heavy atom. The summed E-state index contributed by atoms with van der Waals surface area (Å²) in [6, 6.07) is 10.9. The lowest BCUT2D eigenvalue weighted by atomic mass is 9.97. The highest BCUT2D eigenvalue weighted by Gasteiger charge is 2.25. The Morgan fingerprint density at radius 2 is 1.84 bits per heavy atom. The number of aliphatic hydroxyl groups excluding tert-OH is 1. The van der Waals surface area contributed by atoms with Gasteiger partial charge in [-0.1, -0.05) is 30.3 Å². The first-order valence-electron chi connectivity index (χ1n) is 7.23. The van der Waals surface area contributed by atoms with Gasteiger partial charge in [0, 0.05) is 12.1 Å². The van der Waals surface area contributed by atoms with Gasteiger partial charge in [-0.3, -0.25) is 0 Å². The van der Waals surface area contributed by atoms with Crippen molar-refractivity contribution >= 4 is 0 Å². The lowest BCUT2D eigenvalue weighted by molar-refractivity contribution is -0.0444. The van der Waals surface area contributed by atoms with Crippen molar-refractivity contribution in [2.45, 2.75) is 57.4 Å². The number of aliphatic hydroxyl groups is 1. The van der Waals surface area contributed by atoms with Crippen molar-refractivity contribution in [1.29, 1.82) is 0 Å². The van der Waals surface area contributed by atoms with E-state index in [1.165, 1.54) is 5.56 Å². The molecule has 3 atom stereocenters. The molecule has 1 aromatic carbocycles. The Hall–Kier alpha value is -0.900. The molecule has 1 saturated heterocycles. The van der Waals surface area contributed by atoms with Crippen LogP contribution in [0.1, 0.15) is 32.3 Å². The van der Waals surface area contributed by atoms with Gasteiger partial charge >= 0.3 is 0 Å². The summed E-state index contributed by atoms with van der Waals surface area (Å²) in [5.74, 6) is 0. The molecule has 1 aromatic rings. The molecule has 1 heterocycles. The monoisotopic (exact) mass is 263 g/mol. The van der Waals surface area contributed by atoms with Crippen molar-refractivity contribution in [2.24, 2.45) is 0 Å². The summed E-state index contributed by atoms with van der Waals surface area (Å²) < 4.78 is 5.75. The van der Waals surface area contributed by atoms with Gasteiger partial charge in [0.2, 0.25) is 0 Å².